The molecule has 0 atom stereocenters. The molecule has 0 radical (unpaired) electrons. The van der Waals surface area contributed by atoms with Gasteiger partial charge in [0, 0.05) is 38.6 Å². The molecule has 11 aromatic rings. The highest BCUT2D eigenvalue weighted by molar-refractivity contribution is 6.12. The second kappa shape index (κ2) is 12.6. The van der Waals surface area contributed by atoms with Gasteiger partial charge in [-0.25, -0.2) is 0 Å². The molecule has 0 aliphatic heterocycles. The Morgan fingerprint density at radius 2 is 0.764 bits per heavy atom. The topological polar surface area (TPSA) is 29.5 Å². The molecule has 0 amide bonds. The molecule has 0 unspecified atom stereocenters. The van der Waals surface area contributed by atoms with Crippen LogP contribution in [0.2, 0.25) is 0 Å². The third-order valence-corrected chi connectivity index (χ3v) is 10.9. The first kappa shape index (κ1) is 31.2. The molecule has 11 rings (SSSR count). The summed E-state index contributed by atoms with van der Waals surface area (Å²) in [5.41, 5.74) is 13.9. The van der Waals surface area contributed by atoms with E-state index in [1.807, 2.05) is 24.3 Å². The van der Waals surface area contributed by atoms with Gasteiger partial charge in [0.25, 0.3) is 0 Å². The number of para-hydroxylation sites is 2. The predicted octanol–water partition coefficient (Wildman–Crippen LogP) is 15.1. The van der Waals surface area contributed by atoms with Gasteiger partial charge in [-0.05, 0) is 111 Å². The summed E-state index contributed by atoms with van der Waals surface area (Å²) >= 11 is 0. The number of nitrogens with zero attached hydrogens (tertiary/aromatic N) is 1. The van der Waals surface area contributed by atoms with Crippen LogP contribution in [-0.4, -0.2) is 0 Å². The van der Waals surface area contributed by atoms with E-state index in [2.05, 4.69) is 181 Å². The number of furan rings is 2. The third-order valence-electron chi connectivity index (χ3n) is 10.9. The first-order valence-corrected chi connectivity index (χ1v) is 18.7. The minimum Gasteiger partial charge on any atom is -0.456 e. The molecule has 258 valence electrons. The summed E-state index contributed by atoms with van der Waals surface area (Å²) < 4.78 is 12.3. The van der Waals surface area contributed by atoms with Crippen LogP contribution in [0.1, 0.15) is 0 Å². The van der Waals surface area contributed by atoms with Gasteiger partial charge in [-0.1, -0.05) is 133 Å². The van der Waals surface area contributed by atoms with Crippen molar-refractivity contribution in [1.82, 2.24) is 0 Å². The van der Waals surface area contributed by atoms with Gasteiger partial charge >= 0.3 is 0 Å². The zero-order chi connectivity index (χ0) is 36.3. The van der Waals surface area contributed by atoms with Crippen molar-refractivity contribution in [3.63, 3.8) is 0 Å². The summed E-state index contributed by atoms with van der Waals surface area (Å²) in [4.78, 5) is 2.33. The van der Waals surface area contributed by atoms with E-state index in [1.165, 1.54) is 21.9 Å². The number of hydrogen-bond acceptors (Lipinski definition) is 3. The Bertz CT molecular complexity index is 3180. The molecule has 3 heteroatoms. The van der Waals surface area contributed by atoms with E-state index in [0.717, 1.165) is 83.2 Å². The molecule has 9 aromatic carbocycles. The monoisotopic (exact) mass is 703 g/mol. The zero-order valence-corrected chi connectivity index (χ0v) is 29.8. The van der Waals surface area contributed by atoms with Gasteiger partial charge in [0.2, 0.25) is 0 Å². The van der Waals surface area contributed by atoms with E-state index in [-0.39, 0.29) is 0 Å². The highest BCUT2D eigenvalue weighted by atomic mass is 16.3. The number of anilines is 3. The van der Waals surface area contributed by atoms with Crippen molar-refractivity contribution in [2.45, 2.75) is 0 Å². The van der Waals surface area contributed by atoms with E-state index >= 15 is 0 Å². The summed E-state index contributed by atoms with van der Waals surface area (Å²) in [6.07, 6.45) is 0. The van der Waals surface area contributed by atoms with E-state index in [0.29, 0.717) is 0 Å². The van der Waals surface area contributed by atoms with Crippen LogP contribution in [-0.2, 0) is 0 Å². The second-order valence-electron chi connectivity index (χ2n) is 14.1. The van der Waals surface area contributed by atoms with Crippen molar-refractivity contribution >= 4 is 71.7 Å². The quantitative estimate of drug-likeness (QED) is 0.173. The predicted molar refractivity (Wildman–Crippen MR) is 229 cm³/mol. The lowest BCUT2D eigenvalue weighted by molar-refractivity contribution is 0.668. The Balaban J connectivity index is 0.999. The lowest BCUT2D eigenvalue weighted by Gasteiger charge is -2.26. The van der Waals surface area contributed by atoms with E-state index in [1.54, 1.807) is 0 Å². The van der Waals surface area contributed by atoms with Gasteiger partial charge in [0.15, 0.2) is 0 Å². The molecule has 0 aliphatic rings. The Morgan fingerprint density at radius 1 is 0.291 bits per heavy atom. The highest BCUT2D eigenvalue weighted by Crippen LogP contribution is 2.41. The molecule has 0 spiro atoms. The van der Waals surface area contributed by atoms with Gasteiger partial charge in [-0.2, -0.15) is 0 Å². The van der Waals surface area contributed by atoms with E-state index < -0.39 is 0 Å². The molecule has 2 heterocycles. The van der Waals surface area contributed by atoms with Gasteiger partial charge < -0.3 is 13.7 Å². The minimum atomic E-state index is 0.899. The first-order valence-electron chi connectivity index (χ1n) is 18.7. The van der Waals surface area contributed by atoms with Crippen molar-refractivity contribution in [2.24, 2.45) is 0 Å². The molecule has 0 fully saturated rings. The molecular weight excluding hydrogens is 671 g/mol. The number of rotatable bonds is 6. The molecule has 2 aromatic heterocycles. The fourth-order valence-corrected chi connectivity index (χ4v) is 8.23. The van der Waals surface area contributed by atoms with Crippen LogP contribution in [0.15, 0.2) is 209 Å². The van der Waals surface area contributed by atoms with Crippen LogP contribution >= 0.6 is 0 Å². The maximum Gasteiger partial charge on any atom is 0.136 e. The van der Waals surface area contributed by atoms with Gasteiger partial charge in [0.05, 0.1) is 0 Å². The average Bonchev–Trinajstić information content (AvgIpc) is 3.83. The molecule has 3 nitrogen and oxygen atoms in total. The summed E-state index contributed by atoms with van der Waals surface area (Å²) in [7, 11) is 0. The van der Waals surface area contributed by atoms with E-state index in [9.17, 15) is 0 Å². The third kappa shape index (κ3) is 5.28. The Kier molecular flexibility index (Phi) is 7.17. The van der Waals surface area contributed by atoms with Crippen molar-refractivity contribution in [3.8, 4) is 33.4 Å². The summed E-state index contributed by atoms with van der Waals surface area (Å²) in [5, 5.41) is 7.03. The molecular formula is C52H33NO2. The number of benzene rings is 9. The lowest BCUT2D eigenvalue weighted by Crippen LogP contribution is -2.09. The van der Waals surface area contributed by atoms with Crippen molar-refractivity contribution in [2.75, 3.05) is 4.90 Å². The molecule has 0 N–H and O–H groups in total. The second-order valence-corrected chi connectivity index (χ2v) is 14.1. The standard InChI is InChI=1S/C52H33NO2/c1-2-11-42-35(9-1)10-7-14-43(42)36-21-28-40(29-22-36)53(39-26-19-34(20-27-39)38-25-32-50-47(33-38)45-12-3-5-16-48(45)54-50)41-30-23-37(24-31-41)44-15-8-18-51-52(44)46-13-4-6-17-49(46)55-51/h1-33H. The molecule has 0 bridgehead atoms. The molecule has 55 heavy (non-hydrogen) atoms. The first-order chi connectivity index (χ1) is 27.2. The van der Waals surface area contributed by atoms with Crippen LogP contribution < -0.4 is 4.90 Å². The summed E-state index contributed by atoms with van der Waals surface area (Å²) in [6.45, 7) is 0. The maximum atomic E-state index is 6.22. The fourth-order valence-electron chi connectivity index (χ4n) is 8.23. The van der Waals surface area contributed by atoms with E-state index in [4.69, 9.17) is 8.83 Å². The van der Waals surface area contributed by atoms with Crippen LogP contribution in [0.3, 0.4) is 0 Å². The lowest BCUT2D eigenvalue weighted by atomic mass is 9.97. The molecule has 0 saturated carbocycles. The SMILES string of the molecule is c1ccc2c(-c3ccc(N(c4ccc(-c5ccc6oc7ccccc7c6c5)cc4)c4ccc(-c5cccc6oc7ccccc7c56)cc4)cc3)cccc2c1. The largest absolute Gasteiger partial charge is 0.456 e. The van der Waals surface area contributed by atoms with Crippen LogP contribution in [0, 0.1) is 0 Å². The van der Waals surface area contributed by atoms with Crippen molar-refractivity contribution in [1.29, 1.82) is 0 Å². The summed E-state index contributed by atoms with van der Waals surface area (Å²) in [5.74, 6) is 0. The van der Waals surface area contributed by atoms with Crippen molar-refractivity contribution in [3.05, 3.63) is 200 Å². The average molecular weight is 704 g/mol. The normalized spacial score (nSPS) is 11.6. The number of hydrogen-bond donors (Lipinski definition) is 0. The van der Waals surface area contributed by atoms with Gasteiger partial charge in [0.1, 0.15) is 22.3 Å². The smallest absolute Gasteiger partial charge is 0.136 e. The summed E-state index contributed by atoms with van der Waals surface area (Å²) in [6, 6.07) is 71.1. The minimum absolute atomic E-state index is 0.899. The molecule has 0 saturated heterocycles. The Labute approximate surface area is 317 Å². The molecule has 0 aliphatic carbocycles. The van der Waals surface area contributed by atoms with Gasteiger partial charge in [-0.3, -0.25) is 0 Å². The van der Waals surface area contributed by atoms with Crippen LogP contribution in [0.4, 0.5) is 17.1 Å². The maximum absolute atomic E-state index is 6.22. The van der Waals surface area contributed by atoms with Crippen molar-refractivity contribution < 1.29 is 8.83 Å². The van der Waals surface area contributed by atoms with Gasteiger partial charge in [-0.15, -0.1) is 0 Å². The Hall–Kier alpha value is -7.36. The number of fused-ring (bicyclic) bond motifs is 7. The van der Waals surface area contributed by atoms with Crippen LogP contribution in [0.25, 0.3) is 88.0 Å². The fraction of sp³-hybridized carbons (Fsp3) is 0. The highest BCUT2D eigenvalue weighted by Gasteiger charge is 2.17. The van der Waals surface area contributed by atoms with Crippen LogP contribution in [0.5, 0.6) is 0 Å². The Morgan fingerprint density at radius 3 is 1.49 bits per heavy atom. The zero-order valence-electron chi connectivity index (χ0n) is 29.8.